The molecule has 0 radical (unpaired) electrons. The number of aryl methyl sites for hydroxylation is 1. The Morgan fingerprint density at radius 1 is 1.28 bits per heavy atom. The van der Waals surface area contributed by atoms with E-state index < -0.39 is 6.10 Å². The Morgan fingerprint density at radius 2 is 2.04 bits per heavy atom. The van der Waals surface area contributed by atoms with Crippen LogP contribution < -0.4 is 14.8 Å². The van der Waals surface area contributed by atoms with Gasteiger partial charge in [-0.3, -0.25) is 4.79 Å². The van der Waals surface area contributed by atoms with Crippen LogP contribution in [-0.2, 0) is 4.79 Å². The number of anilines is 1. The Balaban J connectivity index is 2.01. The van der Waals surface area contributed by atoms with Crippen LogP contribution in [0.4, 0.5) is 10.1 Å². The van der Waals surface area contributed by atoms with Crippen LogP contribution in [0.3, 0.4) is 0 Å². The quantitative estimate of drug-likeness (QED) is 0.692. The van der Waals surface area contributed by atoms with Crippen molar-refractivity contribution in [3.05, 3.63) is 52.3 Å². The van der Waals surface area contributed by atoms with Gasteiger partial charge >= 0.3 is 0 Å². The van der Waals surface area contributed by atoms with E-state index >= 15 is 0 Å². The second-order valence-electron chi connectivity index (χ2n) is 5.65. The highest BCUT2D eigenvalue weighted by atomic mass is 79.9. The van der Waals surface area contributed by atoms with Crippen molar-refractivity contribution in [1.29, 1.82) is 0 Å². The van der Waals surface area contributed by atoms with Crippen molar-refractivity contribution in [3.63, 3.8) is 0 Å². The number of ether oxygens (including phenoxy) is 2. The van der Waals surface area contributed by atoms with Crippen LogP contribution in [0.25, 0.3) is 0 Å². The molecule has 1 atom stereocenters. The predicted molar refractivity (Wildman–Crippen MR) is 99.8 cm³/mol. The van der Waals surface area contributed by atoms with Crippen LogP contribution in [0.1, 0.15) is 25.8 Å². The summed E-state index contributed by atoms with van der Waals surface area (Å²) in [6.45, 7) is 6.24. The van der Waals surface area contributed by atoms with Crippen LogP contribution in [0, 0.1) is 12.7 Å². The molecule has 6 heteroatoms. The summed E-state index contributed by atoms with van der Waals surface area (Å²) < 4.78 is 24.7. The van der Waals surface area contributed by atoms with Gasteiger partial charge < -0.3 is 14.8 Å². The summed E-state index contributed by atoms with van der Waals surface area (Å²) in [5.74, 6) is 0.514. The van der Waals surface area contributed by atoms with E-state index in [1.165, 1.54) is 18.2 Å². The first kappa shape index (κ1) is 19.2. The Bertz CT molecular complexity index is 751. The molecule has 0 saturated carbocycles. The fraction of sp³-hybridized carbons (Fsp3) is 0.316. The molecule has 0 aliphatic carbocycles. The van der Waals surface area contributed by atoms with Crippen molar-refractivity contribution in [2.75, 3.05) is 11.9 Å². The van der Waals surface area contributed by atoms with E-state index in [9.17, 15) is 9.18 Å². The van der Waals surface area contributed by atoms with Gasteiger partial charge in [0.25, 0.3) is 5.91 Å². The average Bonchev–Trinajstić information content (AvgIpc) is 2.57. The minimum absolute atomic E-state index is 0.290. The number of hydrogen-bond acceptors (Lipinski definition) is 3. The molecule has 134 valence electrons. The number of halogens is 2. The molecule has 1 unspecified atom stereocenters. The molecule has 1 N–H and O–H groups in total. The standard InChI is InChI=1S/C19H21BrFNO3/c1-4-9-24-15-6-7-17(12(2)10-15)22-19(23)13(3)25-18-8-5-14(21)11-16(18)20/h5-8,10-11,13H,4,9H2,1-3H3,(H,22,23). The Morgan fingerprint density at radius 3 is 2.68 bits per heavy atom. The summed E-state index contributed by atoms with van der Waals surface area (Å²) in [6, 6.07) is 9.56. The second-order valence-corrected chi connectivity index (χ2v) is 6.50. The van der Waals surface area contributed by atoms with E-state index in [0.717, 1.165) is 17.7 Å². The number of hydrogen-bond donors (Lipinski definition) is 1. The maximum Gasteiger partial charge on any atom is 0.265 e. The van der Waals surface area contributed by atoms with Gasteiger partial charge in [0, 0.05) is 5.69 Å². The summed E-state index contributed by atoms with van der Waals surface area (Å²) in [7, 11) is 0. The topological polar surface area (TPSA) is 47.6 Å². The highest BCUT2D eigenvalue weighted by Gasteiger charge is 2.17. The van der Waals surface area contributed by atoms with Gasteiger partial charge in [-0.15, -0.1) is 0 Å². The summed E-state index contributed by atoms with van der Waals surface area (Å²) in [6.07, 6.45) is 0.197. The summed E-state index contributed by atoms with van der Waals surface area (Å²) in [4.78, 5) is 12.3. The molecule has 0 spiro atoms. The minimum Gasteiger partial charge on any atom is -0.494 e. The molecular weight excluding hydrogens is 389 g/mol. The Hall–Kier alpha value is -2.08. The van der Waals surface area contributed by atoms with E-state index in [1.54, 1.807) is 13.0 Å². The SMILES string of the molecule is CCCOc1ccc(NC(=O)C(C)Oc2ccc(F)cc2Br)c(C)c1. The van der Waals surface area contributed by atoms with Crippen LogP contribution >= 0.6 is 15.9 Å². The third-order valence-corrected chi connectivity index (χ3v) is 4.12. The van der Waals surface area contributed by atoms with Crippen LogP contribution in [0.5, 0.6) is 11.5 Å². The number of rotatable bonds is 7. The van der Waals surface area contributed by atoms with Gasteiger partial charge in [-0.05, 0) is 78.2 Å². The molecular formula is C19H21BrFNO3. The lowest BCUT2D eigenvalue weighted by Gasteiger charge is -2.17. The molecule has 0 aliphatic rings. The van der Waals surface area contributed by atoms with Gasteiger partial charge in [0.15, 0.2) is 6.10 Å². The number of amides is 1. The van der Waals surface area contributed by atoms with Gasteiger partial charge in [-0.1, -0.05) is 6.92 Å². The molecule has 0 bridgehead atoms. The third kappa shape index (κ3) is 5.46. The van der Waals surface area contributed by atoms with Crippen molar-refractivity contribution in [2.45, 2.75) is 33.3 Å². The number of benzene rings is 2. The Kier molecular flexibility index (Phi) is 6.82. The van der Waals surface area contributed by atoms with E-state index in [4.69, 9.17) is 9.47 Å². The Labute approximate surface area is 155 Å². The van der Waals surface area contributed by atoms with Crippen molar-refractivity contribution in [1.82, 2.24) is 0 Å². The molecule has 0 saturated heterocycles. The first-order chi connectivity index (χ1) is 11.9. The lowest BCUT2D eigenvalue weighted by molar-refractivity contribution is -0.122. The zero-order valence-corrected chi connectivity index (χ0v) is 16.0. The van der Waals surface area contributed by atoms with Crippen molar-refractivity contribution in [3.8, 4) is 11.5 Å². The molecule has 2 rings (SSSR count). The molecule has 4 nitrogen and oxygen atoms in total. The van der Waals surface area contributed by atoms with Gasteiger partial charge in [-0.25, -0.2) is 4.39 Å². The average molecular weight is 410 g/mol. The van der Waals surface area contributed by atoms with Crippen molar-refractivity contribution < 1.29 is 18.7 Å². The largest absolute Gasteiger partial charge is 0.494 e. The number of carbonyl (C=O) groups is 1. The molecule has 0 aliphatic heterocycles. The molecule has 2 aromatic carbocycles. The van der Waals surface area contributed by atoms with Gasteiger partial charge in [0.2, 0.25) is 0 Å². The fourth-order valence-corrected chi connectivity index (χ4v) is 2.58. The minimum atomic E-state index is -0.739. The molecule has 1 amide bonds. The maximum atomic E-state index is 13.1. The monoisotopic (exact) mass is 409 g/mol. The normalized spacial score (nSPS) is 11.7. The van der Waals surface area contributed by atoms with Gasteiger partial charge in [-0.2, -0.15) is 0 Å². The van der Waals surface area contributed by atoms with E-state index in [0.29, 0.717) is 22.5 Å². The highest BCUT2D eigenvalue weighted by Crippen LogP contribution is 2.27. The molecule has 2 aromatic rings. The van der Waals surface area contributed by atoms with Gasteiger partial charge in [0.1, 0.15) is 17.3 Å². The molecule has 0 fully saturated rings. The zero-order valence-electron chi connectivity index (χ0n) is 14.4. The fourth-order valence-electron chi connectivity index (χ4n) is 2.14. The summed E-state index contributed by atoms with van der Waals surface area (Å²) in [5, 5.41) is 2.84. The van der Waals surface area contributed by atoms with Crippen LogP contribution in [0.2, 0.25) is 0 Å². The molecule has 0 aromatic heterocycles. The number of carbonyl (C=O) groups excluding carboxylic acids is 1. The predicted octanol–water partition coefficient (Wildman–Crippen LogP) is 5.09. The molecule has 25 heavy (non-hydrogen) atoms. The molecule has 0 heterocycles. The van der Waals surface area contributed by atoms with Crippen molar-refractivity contribution >= 4 is 27.5 Å². The smallest absolute Gasteiger partial charge is 0.265 e. The maximum absolute atomic E-state index is 13.1. The highest BCUT2D eigenvalue weighted by molar-refractivity contribution is 9.10. The van der Waals surface area contributed by atoms with E-state index in [2.05, 4.69) is 21.2 Å². The van der Waals surface area contributed by atoms with Crippen LogP contribution in [-0.4, -0.2) is 18.6 Å². The number of nitrogens with one attached hydrogen (secondary N) is 1. The van der Waals surface area contributed by atoms with Gasteiger partial charge in [0.05, 0.1) is 11.1 Å². The summed E-state index contributed by atoms with van der Waals surface area (Å²) >= 11 is 3.22. The summed E-state index contributed by atoms with van der Waals surface area (Å²) in [5.41, 5.74) is 1.60. The van der Waals surface area contributed by atoms with Crippen LogP contribution in [0.15, 0.2) is 40.9 Å². The third-order valence-electron chi connectivity index (χ3n) is 3.50. The van der Waals surface area contributed by atoms with E-state index in [-0.39, 0.29) is 11.7 Å². The first-order valence-electron chi connectivity index (χ1n) is 8.06. The van der Waals surface area contributed by atoms with E-state index in [1.807, 2.05) is 26.0 Å². The van der Waals surface area contributed by atoms with Crippen molar-refractivity contribution in [2.24, 2.45) is 0 Å². The lowest BCUT2D eigenvalue weighted by atomic mass is 10.2. The zero-order chi connectivity index (χ0) is 18.4. The second kappa shape index (κ2) is 8.85. The lowest BCUT2D eigenvalue weighted by Crippen LogP contribution is -2.30. The first-order valence-corrected chi connectivity index (χ1v) is 8.86.